The molecule has 0 aliphatic rings. The van der Waals surface area contributed by atoms with Crippen molar-refractivity contribution >= 4 is 62.4 Å². The second-order valence-corrected chi connectivity index (χ2v) is 7.99. The van der Waals surface area contributed by atoms with E-state index in [0.29, 0.717) is 24.5 Å². The van der Waals surface area contributed by atoms with Crippen LogP contribution in [0.15, 0.2) is 87.9 Å². The number of benzene rings is 3. The van der Waals surface area contributed by atoms with Gasteiger partial charge in [-0.05, 0) is 42.8 Å². The van der Waals surface area contributed by atoms with Crippen LogP contribution in [0.4, 0.5) is 22.7 Å². The first-order valence-corrected chi connectivity index (χ1v) is 10.8. The molecule has 0 fully saturated rings. The summed E-state index contributed by atoms with van der Waals surface area (Å²) < 4.78 is 33.6. The predicted octanol–water partition coefficient (Wildman–Crippen LogP) is 4.90. The summed E-state index contributed by atoms with van der Waals surface area (Å²) in [6.45, 7) is 3.12. The van der Waals surface area contributed by atoms with Gasteiger partial charge in [0.2, 0.25) is 0 Å². The van der Waals surface area contributed by atoms with Gasteiger partial charge in [0.1, 0.15) is 10.6 Å². The Morgan fingerprint density at radius 2 is 1.66 bits per heavy atom. The van der Waals surface area contributed by atoms with Crippen molar-refractivity contribution < 1.29 is 17.9 Å². The van der Waals surface area contributed by atoms with E-state index in [0.717, 1.165) is 5.56 Å². The minimum atomic E-state index is -4.56. The minimum Gasteiger partial charge on any atom is -0.367 e. The zero-order valence-corrected chi connectivity index (χ0v) is 20.4. The molecule has 9 nitrogen and oxygen atoms in total. The second kappa shape index (κ2) is 11.3. The van der Waals surface area contributed by atoms with Gasteiger partial charge in [-0.1, -0.05) is 30.3 Å². The van der Waals surface area contributed by atoms with Gasteiger partial charge in [0.15, 0.2) is 0 Å². The van der Waals surface area contributed by atoms with E-state index < -0.39 is 15.0 Å². The Morgan fingerprint density at radius 3 is 2.22 bits per heavy atom. The molecule has 1 N–H and O–H groups in total. The molecule has 0 aliphatic carbocycles. The summed E-state index contributed by atoms with van der Waals surface area (Å²) in [5, 5.41) is 18.6. The van der Waals surface area contributed by atoms with Crippen LogP contribution in [0.5, 0.6) is 0 Å². The number of anilines is 1. The molecule has 0 spiro atoms. The van der Waals surface area contributed by atoms with E-state index in [1.165, 1.54) is 36.4 Å². The van der Waals surface area contributed by atoms with Crippen LogP contribution in [0.1, 0.15) is 12.5 Å². The van der Waals surface area contributed by atoms with E-state index >= 15 is 0 Å². The number of rotatable bonds is 8. The first-order valence-electron chi connectivity index (χ1n) is 9.34. The zero-order chi connectivity index (χ0) is 22.4. The molecule has 3 aromatic rings. The van der Waals surface area contributed by atoms with Gasteiger partial charge in [-0.15, -0.1) is 5.11 Å². The summed E-state index contributed by atoms with van der Waals surface area (Å²) in [5.41, 5.74) is 1.82. The maximum atomic E-state index is 12.0. The summed E-state index contributed by atoms with van der Waals surface area (Å²) in [4.78, 5) is 11.8. The fourth-order valence-electron chi connectivity index (χ4n) is 2.93. The third-order valence-electron chi connectivity index (χ3n) is 4.52. The van der Waals surface area contributed by atoms with Crippen molar-refractivity contribution in [1.82, 2.24) is 0 Å². The zero-order valence-electron chi connectivity index (χ0n) is 17.6. The van der Waals surface area contributed by atoms with Crippen LogP contribution in [-0.2, 0) is 16.7 Å². The molecular formula is C21H20N4NaO5S. The Bertz CT molecular complexity index is 1200. The maximum absolute atomic E-state index is 12.0. The molecule has 0 aromatic heterocycles. The van der Waals surface area contributed by atoms with E-state index in [1.54, 1.807) is 6.07 Å². The smallest absolute Gasteiger partial charge is 0.296 e. The molecule has 3 rings (SSSR count). The molecule has 0 unspecified atom stereocenters. The minimum absolute atomic E-state index is 0. The van der Waals surface area contributed by atoms with Crippen LogP contribution in [0, 0.1) is 10.1 Å². The van der Waals surface area contributed by atoms with Gasteiger partial charge in [0.05, 0.1) is 10.6 Å². The molecule has 11 heteroatoms. The van der Waals surface area contributed by atoms with Crippen molar-refractivity contribution in [3.05, 3.63) is 88.5 Å². The van der Waals surface area contributed by atoms with Crippen LogP contribution in [0.25, 0.3) is 0 Å². The van der Waals surface area contributed by atoms with Gasteiger partial charge in [-0.3, -0.25) is 14.7 Å². The van der Waals surface area contributed by atoms with Crippen molar-refractivity contribution in [2.45, 2.75) is 18.4 Å². The normalized spacial score (nSPS) is 11.2. The van der Waals surface area contributed by atoms with Crippen LogP contribution < -0.4 is 4.90 Å². The molecule has 1 radical (unpaired) electrons. The van der Waals surface area contributed by atoms with Crippen molar-refractivity contribution in [1.29, 1.82) is 0 Å². The summed E-state index contributed by atoms with van der Waals surface area (Å²) in [5.74, 6) is 0. The van der Waals surface area contributed by atoms with E-state index in [1.807, 2.05) is 42.2 Å². The van der Waals surface area contributed by atoms with Crippen molar-refractivity contribution in [3.8, 4) is 0 Å². The van der Waals surface area contributed by atoms with E-state index in [2.05, 4.69) is 10.2 Å². The van der Waals surface area contributed by atoms with Crippen molar-refractivity contribution in [2.24, 2.45) is 10.2 Å². The number of hydrogen-bond acceptors (Lipinski definition) is 7. The van der Waals surface area contributed by atoms with Gasteiger partial charge in [0, 0.05) is 60.5 Å². The largest absolute Gasteiger partial charge is 0.367 e. The van der Waals surface area contributed by atoms with E-state index in [-0.39, 0.29) is 45.8 Å². The van der Waals surface area contributed by atoms with Crippen LogP contribution in [-0.4, -0.2) is 54.0 Å². The number of nitro benzene ring substituents is 1. The molecule has 32 heavy (non-hydrogen) atoms. The van der Waals surface area contributed by atoms with Crippen molar-refractivity contribution in [2.75, 3.05) is 11.4 Å². The maximum Gasteiger partial charge on any atom is 0.296 e. The summed E-state index contributed by atoms with van der Waals surface area (Å²) in [6, 6.07) is 19.5. The quantitative estimate of drug-likeness (QED) is 0.166. The number of azo groups is 1. The SMILES string of the molecule is CCN(Cc1ccccc1)c1ccc(N=Nc2ccc([N+](=O)[O-])cc2)c(S(=O)(=O)O)c1.[Na]. The standard InChI is InChI=1S/C21H20N4O5S.Na/c1-2-24(15-16-6-4-3-5-7-16)19-12-13-20(21(14-19)31(28,29)30)23-22-17-8-10-18(11-9-17)25(26)27;/h3-14H,2,15H2,1H3,(H,28,29,30);. The molecule has 0 aliphatic heterocycles. The molecule has 0 heterocycles. The second-order valence-electron chi connectivity index (χ2n) is 6.60. The number of hydrogen-bond donors (Lipinski definition) is 1. The first-order chi connectivity index (χ1) is 14.8. The molecule has 0 atom stereocenters. The van der Waals surface area contributed by atoms with Crippen LogP contribution >= 0.6 is 0 Å². The van der Waals surface area contributed by atoms with Gasteiger partial charge in [-0.25, -0.2) is 0 Å². The Morgan fingerprint density at radius 1 is 1.00 bits per heavy atom. The number of nitrogens with zero attached hydrogens (tertiary/aromatic N) is 4. The van der Waals surface area contributed by atoms with Gasteiger partial charge in [0.25, 0.3) is 15.8 Å². The Balaban J connectivity index is 0.00000363. The molecule has 0 saturated heterocycles. The summed E-state index contributed by atoms with van der Waals surface area (Å²) in [6.07, 6.45) is 0. The predicted molar refractivity (Wildman–Crippen MR) is 122 cm³/mol. The van der Waals surface area contributed by atoms with Crippen molar-refractivity contribution in [3.63, 3.8) is 0 Å². The molecule has 0 amide bonds. The monoisotopic (exact) mass is 463 g/mol. The summed E-state index contributed by atoms with van der Waals surface area (Å²) >= 11 is 0. The Labute approximate surface area is 208 Å². The average Bonchev–Trinajstić information content (AvgIpc) is 2.76. The van der Waals surface area contributed by atoms with Crippen LogP contribution in [0.2, 0.25) is 0 Å². The molecule has 0 bridgehead atoms. The molecule has 161 valence electrons. The third kappa shape index (κ3) is 6.68. The number of nitro groups is 1. The average molecular weight is 463 g/mol. The molecular weight excluding hydrogens is 443 g/mol. The molecule has 0 saturated carbocycles. The third-order valence-corrected chi connectivity index (χ3v) is 5.40. The van der Waals surface area contributed by atoms with E-state index in [4.69, 9.17) is 0 Å². The topological polar surface area (TPSA) is 125 Å². The summed E-state index contributed by atoms with van der Waals surface area (Å²) in [7, 11) is -4.56. The fourth-order valence-corrected chi connectivity index (χ4v) is 3.57. The Kier molecular flexibility index (Phi) is 9.05. The van der Waals surface area contributed by atoms with Gasteiger partial charge in [-0.2, -0.15) is 13.5 Å². The van der Waals surface area contributed by atoms with E-state index in [9.17, 15) is 23.1 Å². The molecule has 3 aromatic carbocycles. The Hall–Kier alpha value is -2.63. The first kappa shape index (κ1) is 25.6. The van der Waals surface area contributed by atoms with Gasteiger partial charge >= 0.3 is 0 Å². The van der Waals surface area contributed by atoms with Gasteiger partial charge < -0.3 is 4.90 Å². The van der Waals surface area contributed by atoms with Crippen LogP contribution in [0.3, 0.4) is 0 Å². The number of non-ortho nitro benzene ring substituents is 1. The fraction of sp³-hybridized carbons (Fsp3) is 0.143.